The summed E-state index contributed by atoms with van der Waals surface area (Å²) in [4.78, 5) is 12.9. The second-order valence-corrected chi connectivity index (χ2v) is 5.27. The van der Waals surface area contributed by atoms with Crippen molar-refractivity contribution in [3.05, 3.63) is 35.4 Å². The highest BCUT2D eigenvalue weighted by Crippen LogP contribution is 2.26. The molecule has 1 aliphatic heterocycles. The minimum Gasteiger partial charge on any atom is -0.478 e. The van der Waals surface area contributed by atoms with Crippen LogP contribution in [0.1, 0.15) is 17.5 Å². The molecule has 1 saturated heterocycles. The third-order valence-electron chi connectivity index (χ3n) is 3.71. The van der Waals surface area contributed by atoms with E-state index < -0.39 is 5.97 Å². The number of hydrogen-bond donors (Lipinski definition) is 1. The van der Waals surface area contributed by atoms with Gasteiger partial charge in [0.1, 0.15) is 0 Å². The van der Waals surface area contributed by atoms with Crippen LogP contribution in [0, 0.1) is 12.8 Å². The average molecular weight is 275 g/mol. The Morgan fingerprint density at radius 2 is 2.35 bits per heavy atom. The fourth-order valence-electron chi connectivity index (χ4n) is 2.64. The zero-order valence-electron chi connectivity index (χ0n) is 12.0. The van der Waals surface area contributed by atoms with E-state index >= 15 is 0 Å². The van der Waals surface area contributed by atoms with Crippen molar-refractivity contribution in [2.24, 2.45) is 5.92 Å². The largest absolute Gasteiger partial charge is 0.478 e. The molecule has 0 radical (unpaired) electrons. The average Bonchev–Trinajstić information content (AvgIpc) is 2.86. The predicted molar refractivity (Wildman–Crippen MR) is 80.0 cm³/mol. The normalized spacial score (nSPS) is 18.9. The molecule has 1 aromatic rings. The Morgan fingerprint density at radius 1 is 1.55 bits per heavy atom. The molecular formula is C16H21NO3. The third kappa shape index (κ3) is 3.61. The summed E-state index contributed by atoms with van der Waals surface area (Å²) in [5.74, 6) is -0.317. The van der Waals surface area contributed by atoms with E-state index in [4.69, 9.17) is 9.84 Å². The first-order valence-electron chi connectivity index (χ1n) is 6.85. The highest BCUT2D eigenvalue weighted by Gasteiger charge is 2.22. The molecule has 0 bridgehead atoms. The minimum absolute atomic E-state index is 0.604. The lowest BCUT2D eigenvalue weighted by molar-refractivity contribution is -0.131. The number of hydrogen-bond acceptors (Lipinski definition) is 3. The molecule has 1 atom stereocenters. The van der Waals surface area contributed by atoms with Crippen LogP contribution < -0.4 is 4.90 Å². The molecule has 20 heavy (non-hydrogen) atoms. The zero-order chi connectivity index (χ0) is 14.5. The van der Waals surface area contributed by atoms with E-state index in [-0.39, 0.29) is 0 Å². The number of rotatable bonds is 5. The van der Waals surface area contributed by atoms with Crippen LogP contribution in [0.2, 0.25) is 0 Å². The molecule has 0 aromatic heterocycles. The van der Waals surface area contributed by atoms with Crippen LogP contribution in [0.4, 0.5) is 5.69 Å². The van der Waals surface area contributed by atoms with E-state index in [1.165, 1.54) is 11.8 Å². The van der Waals surface area contributed by atoms with Gasteiger partial charge in [0.2, 0.25) is 0 Å². The maximum Gasteiger partial charge on any atom is 0.328 e. The first-order chi connectivity index (χ1) is 9.60. The Morgan fingerprint density at radius 3 is 3.00 bits per heavy atom. The summed E-state index contributed by atoms with van der Waals surface area (Å²) in [5, 5.41) is 8.67. The molecule has 1 fully saturated rings. The van der Waals surface area contributed by atoms with Crippen molar-refractivity contribution in [1.29, 1.82) is 0 Å². The molecule has 4 nitrogen and oxygen atoms in total. The number of carboxylic acid groups (broad SMARTS) is 1. The van der Waals surface area contributed by atoms with Crippen molar-refractivity contribution in [3.8, 4) is 0 Å². The second kappa shape index (κ2) is 6.57. The molecule has 1 aliphatic rings. The van der Waals surface area contributed by atoms with E-state index in [1.54, 1.807) is 13.2 Å². The molecule has 1 unspecified atom stereocenters. The third-order valence-corrected chi connectivity index (χ3v) is 3.71. The summed E-state index contributed by atoms with van der Waals surface area (Å²) in [7, 11) is 1.75. The van der Waals surface area contributed by atoms with Gasteiger partial charge < -0.3 is 14.7 Å². The lowest BCUT2D eigenvalue weighted by Crippen LogP contribution is -2.21. The monoisotopic (exact) mass is 275 g/mol. The lowest BCUT2D eigenvalue weighted by atomic mass is 10.1. The Labute approximate surface area is 119 Å². The fraction of sp³-hybridized carbons (Fsp3) is 0.438. The molecule has 1 heterocycles. The Kier molecular flexibility index (Phi) is 4.79. The van der Waals surface area contributed by atoms with Gasteiger partial charge in [0.15, 0.2) is 0 Å². The first-order valence-corrected chi connectivity index (χ1v) is 6.85. The van der Waals surface area contributed by atoms with Crippen molar-refractivity contribution >= 4 is 17.7 Å². The van der Waals surface area contributed by atoms with Gasteiger partial charge in [-0.05, 0) is 42.7 Å². The van der Waals surface area contributed by atoms with Crippen LogP contribution in [0.5, 0.6) is 0 Å². The lowest BCUT2D eigenvalue weighted by Gasteiger charge is -2.19. The number of benzene rings is 1. The Hall–Kier alpha value is -1.81. The smallest absolute Gasteiger partial charge is 0.328 e. The number of nitrogens with zero attached hydrogens (tertiary/aromatic N) is 1. The topological polar surface area (TPSA) is 49.8 Å². The van der Waals surface area contributed by atoms with Crippen LogP contribution in [0.3, 0.4) is 0 Å². The van der Waals surface area contributed by atoms with E-state index in [0.717, 1.165) is 37.2 Å². The zero-order valence-corrected chi connectivity index (χ0v) is 12.0. The molecule has 1 aromatic carbocycles. The SMILES string of the molecule is COCC1CCN(c2ccc(C=CC(=O)O)c(C)c2)C1. The van der Waals surface area contributed by atoms with Crippen molar-refractivity contribution in [3.63, 3.8) is 0 Å². The highest BCUT2D eigenvalue weighted by molar-refractivity contribution is 5.85. The molecule has 0 aliphatic carbocycles. The van der Waals surface area contributed by atoms with E-state index in [2.05, 4.69) is 17.0 Å². The van der Waals surface area contributed by atoms with E-state index in [0.29, 0.717) is 5.92 Å². The van der Waals surface area contributed by atoms with Crippen molar-refractivity contribution in [2.45, 2.75) is 13.3 Å². The number of carboxylic acids is 1. The van der Waals surface area contributed by atoms with E-state index in [9.17, 15) is 4.79 Å². The van der Waals surface area contributed by atoms with Crippen LogP contribution in [-0.4, -0.2) is 37.9 Å². The van der Waals surface area contributed by atoms with Crippen molar-refractivity contribution in [1.82, 2.24) is 0 Å². The van der Waals surface area contributed by atoms with Gasteiger partial charge in [-0.1, -0.05) is 6.07 Å². The van der Waals surface area contributed by atoms with Crippen LogP contribution in [0.25, 0.3) is 6.08 Å². The van der Waals surface area contributed by atoms with Crippen LogP contribution >= 0.6 is 0 Å². The molecule has 4 heteroatoms. The molecule has 0 saturated carbocycles. The van der Waals surface area contributed by atoms with Gasteiger partial charge in [-0.2, -0.15) is 0 Å². The molecular weight excluding hydrogens is 254 g/mol. The molecule has 0 spiro atoms. The molecule has 2 rings (SSSR count). The number of methoxy groups -OCH3 is 1. The Balaban J connectivity index is 2.08. The van der Waals surface area contributed by atoms with Crippen molar-refractivity contribution < 1.29 is 14.6 Å². The molecule has 108 valence electrons. The fourth-order valence-corrected chi connectivity index (χ4v) is 2.64. The van der Waals surface area contributed by atoms with E-state index in [1.807, 2.05) is 13.0 Å². The number of ether oxygens (including phenoxy) is 1. The van der Waals surface area contributed by atoms with Gasteiger partial charge in [0.05, 0.1) is 6.61 Å². The summed E-state index contributed by atoms with van der Waals surface area (Å²) in [6.07, 6.45) is 3.97. The van der Waals surface area contributed by atoms with Gasteiger partial charge >= 0.3 is 5.97 Å². The van der Waals surface area contributed by atoms with Crippen LogP contribution in [0.15, 0.2) is 24.3 Å². The van der Waals surface area contributed by atoms with Crippen molar-refractivity contribution in [2.75, 3.05) is 31.7 Å². The highest BCUT2D eigenvalue weighted by atomic mass is 16.5. The van der Waals surface area contributed by atoms with Gasteiger partial charge in [-0.15, -0.1) is 0 Å². The van der Waals surface area contributed by atoms with Gasteiger partial charge in [-0.25, -0.2) is 4.79 Å². The van der Waals surface area contributed by atoms with Crippen LogP contribution in [-0.2, 0) is 9.53 Å². The second-order valence-electron chi connectivity index (χ2n) is 5.27. The standard InChI is InChI=1S/C16H21NO3/c1-12-9-15(5-3-14(12)4-6-16(18)19)17-8-7-13(10-17)11-20-2/h3-6,9,13H,7-8,10-11H2,1-2H3,(H,18,19). The van der Waals surface area contributed by atoms with Gasteiger partial charge in [0, 0.05) is 37.9 Å². The van der Waals surface area contributed by atoms with Gasteiger partial charge in [0.25, 0.3) is 0 Å². The summed E-state index contributed by atoms with van der Waals surface area (Å²) in [5.41, 5.74) is 3.24. The van der Waals surface area contributed by atoms with Gasteiger partial charge in [-0.3, -0.25) is 0 Å². The maximum absolute atomic E-state index is 10.6. The summed E-state index contributed by atoms with van der Waals surface area (Å²) >= 11 is 0. The number of carbonyl (C=O) groups is 1. The summed E-state index contributed by atoms with van der Waals surface area (Å²) in [6, 6.07) is 6.16. The molecule has 0 amide bonds. The predicted octanol–water partition coefficient (Wildman–Crippen LogP) is 2.57. The quantitative estimate of drug-likeness (QED) is 0.839. The summed E-state index contributed by atoms with van der Waals surface area (Å²) in [6.45, 7) is 4.90. The summed E-state index contributed by atoms with van der Waals surface area (Å²) < 4.78 is 5.22. The molecule has 1 N–H and O–H groups in total. The first kappa shape index (κ1) is 14.6. The Bertz CT molecular complexity index is 510. The number of aliphatic carboxylic acids is 1. The number of aryl methyl sites for hydroxylation is 1. The maximum atomic E-state index is 10.6. The number of anilines is 1. The minimum atomic E-state index is -0.921.